The van der Waals surface area contributed by atoms with Gasteiger partial charge >= 0.3 is 5.97 Å². The van der Waals surface area contributed by atoms with Gasteiger partial charge < -0.3 is 9.64 Å². The summed E-state index contributed by atoms with van der Waals surface area (Å²) >= 11 is 1.53. The molecule has 96 valence electrons. The number of carbonyl (C=O) groups excluding carboxylic acids is 2. The van der Waals surface area contributed by atoms with Crippen molar-refractivity contribution in [1.29, 1.82) is 0 Å². The van der Waals surface area contributed by atoms with E-state index in [0.29, 0.717) is 0 Å². The standard InChI is InChI=1S/C13H15NO3S/c1-8-13(16)14(2)10-5-4-9(6-11(10)18-8)7-12(15)17-3/h4-6,8H,7H2,1-3H3. The Bertz CT molecular complexity index is 501. The number of ether oxygens (including phenoxy) is 1. The van der Waals surface area contributed by atoms with Gasteiger partial charge in [0.2, 0.25) is 5.91 Å². The first kappa shape index (κ1) is 13.0. The number of benzene rings is 1. The van der Waals surface area contributed by atoms with Gasteiger partial charge in [-0.1, -0.05) is 6.07 Å². The van der Waals surface area contributed by atoms with Gasteiger partial charge in [-0.2, -0.15) is 0 Å². The van der Waals surface area contributed by atoms with Crippen molar-refractivity contribution in [2.75, 3.05) is 19.1 Å². The third kappa shape index (κ3) is 2.36. The molecule has 1 aliphatic heterocycles. The third-order valence-corrected chi connectivity index (χ3v) is 4.08. The summed E-state index contributed by atoms with van der Waals surface area (Å²) in [6, 6.07) is 5.69. The van der Waals surface area contributed by atoms with Crippen molar-refractivity contribution in [2.24, 2.45) is 0 Å². The molecule has 18 heavy (non-hydrogen) atoms. The number of carbonyl (C=O) groups is 2. The first-order chi connectivity index (χ1) is 8.52. The quantitative estimate of drug-likeness (QED) is 0.766. The average molecular weight is 265 g/mol. The lowest BCUT2D eigenvalue weighted by Gasteiger charge is -2.29. The Morgan fingerprint density at radius 1 is 1.50 bits per heavy atom. The van der Waals surface area contributed by atoms with Crippen molar-refractivity contribution >= 4 is 29.3 Å². The lowest BCUT2D eigenvalue weighted by atomic mass is 10.1. The van der Waals surface area contributed by atoms with E-state index in [4.69, 9.17) is 0 Å². The monoisotopic (exact) mass is 265 g/mol. The van der Waals surface area contributed by atoms with Crippen LogP contribution in [0.5, 0.6) is 0 Å². The predicted octanol–water partition coefficient (Wildman–Crippen LogP) is 1.86. The molecule has 0 saturated carbocycles. The Kier molecular flexibility index (Phi) is 3.61. The first-order valence-electron chi connectivity index (χ1n) is 5.67. The molecular weight excluding hydrogens is 250 g/mol. The topological polar surface area (TPSA) is 46.6 Å². The van der Waals surface area contributed by atoms with Crippen LogP contribution in [0.15, 0.2) is 23.1 Å². The molecule has 1 heterocycles. The maximum Gasteiger partial charge on any atom is 0.309 e. The molecule has 0 spiro atoms. The lowest BCUT2D eigenvalue weighted by molar-refractivity contribution is -0.139. The Labute approximate surface area is 110 Å². The lowest BCUT2D eigenvalue weighted by Crippen LogP contribution is -2.36. The number of amides is 1. The van der Waals surface area contributed by atoms with Crippen LogP contribution in [-0.4, -0.2) is 31.3 Å². The second kappa shape index (κ2) is 5.02. The van der Waals surface area contributed by atoms with E-state index in [0.717, 1.165) is 16.1 Å². The van der Waals surface area contributed by atoms with Crippen LogP contribution in [0.25, 0.3) is 0 Å². The number of anilines is 1. The number of fused-ring (bicyclic) bond motifs is 1. The second-order valence-corrected chi connectivity index (χ2v) is 5.59. The van der Waals surface area contributed by atoms with Crippen LogP contribution in [0.1, 0.15) is 12.5 Å². The smallest absolute Gasteiger partial charge is 0.309 e. The summed E-state index contributed by atoms with van der Waals surface area (Å²) in [5.74, 6) is -0.151. The molecule has 5 heteroatoms. The molecule has 0 radical (unpaired) electrons. The summed E-state index contributed by atoms with van der Waals surface area (Å²) < 4.78 is 4.65. The fourth-order valence-corrected chi connectivity index (χ4v) is 3.10. The number of nitrogens with zero attached hydrogens (tertiary/aromatic N) is 1. The summed E-state index contributed by atoms with van der Waals surface area (Å²) in [5, 5.41) is -0.0872. The summed E-state index contributed by atoms with van der Waals surface area (Å²) in [6.45, 7) is 1.89. The van der Waals surface area contributed by atoms with E-state index in [1.807, 2.05) is 25.1 Å². The molecule has 1 unspecified atom stereocenters. The number of methoxy groups -OCH3 is 1. The van der Waals surface area contributed by atoms with Crippen molar-refractivity contribution in [1.82, 2.24) is 0 Å². The molecule has 4 nitrogen and oxygen atoms in total. The predicted molar refractivity (Wildman–Crippen MR) is 70.9 cm³/mol. The average Bonchev–Trinajstić information content (AvgIpc) is 2.35. The molecule has 1 aromatic carbocycles. The van der Waals surface area contributed by atoms with Crippen molar-refractivity contribution in [2.45, 2.75) is 23.5 Å². The highest BCUT2D eigenvalue weighted by molar-refractivity contribution is 8.01. The van der Waals surface area contributed by atoms with Gasteiger partial charge in [-0.3, -0.25) is 9.59 Å². The van der Waals surface area contributed by atoms with Gasteiger partial charge in [-0.25, -0.2) is 0 Å². The van der Waals surface area contributed by atoms with Crippen LogP contribution in [0.2, 0.25) is 0 Å². The number of hydrogen-bond acceptors (Lipinski definition) is 4. The minimum Gasteiger partial charge on any atom is -0.469 e. The van der Waals surface area contributed by atoms with Gasteiger partial charge in [-0.15, -0.1) is 11.8 Å². The van der Waals surface area contributed by atoms with Crippen LogP contribution in [0.3, 0.4) is 0 Å². The molecule has 0 fully saturated rings. The van der Waals surface area contributed by atoms with E-state index in [1.54, 1.807) is 11.9 Å². The first-order valence-corrected chi connectivity index (χ1v) is 6.55. The molecule has 0 N–H and O–H groups in total. The van der Waals surface area contributed by atoms with Gasteiger partial charge in [0.25, 0.3) is 0 Å². The largest absolute Gasteiger partial charge is 0.469 e. The van der Waals surface area contributed by atoms with Crippen molar-refractivity contribution in [3.8, 4) is 0 Å². The molecule has 0 bridgehead atoms. The van der Waals surface area contributed by atoms with E-state index in [1.165, 1.54) is 18.9 Å². The van der Waals surface area contributed by atoms with Crippen LogP contribution in [0.4, 0.5) is 5.69 Å². The molecular formula is C13H15NO3S. The molecule has 0 saturated heterocycles. The Morgan fingerprint density at radius 3 is 2.89 bits per heavy atom. The number of thioether (sulfide) groups is 1. The molecule has 1 aliphatic rings. The summed E-state index contributed by atoms with van der Waals surface area (Å²) in [6.07, 6.45) is 0.260. The van der Waals surface area contributed by atoms with Gasteiger partial charge in [-0.05, 0) is 24.6 Å². The second-order valence-electron chi connectivity index (χ2n) is 4.21. The zero-order valence-corrected chi connectivity index (χ0v) is 11.4. The summed E-state index contributed by atoms with van der Waals surface area (Å²) in [5.41, 5.74) is 1.81. The highest BCUT2D eigenvalue weighted by Crippen LogP contribution is 2.38. The highest BCUT2D eigenvalue weighted by Gasteiger charge is 2.28. The molecule has 0 aliphatic carbocycles. The summed E-state index contributed by atoms with van der Waals surface area (Å²) in [7, 11) is 3.15. The molecule has 2 rings (SSSR count). The molecule has 1 amide bonds. The fourth-order valence-electron chi connectivity index (χ4n) is 1.91. The molecule has 1 aromatic rings. The van der Waals surface area contributed by atoms with Crippen molar-refractivity contribution < 1.29 is 14.3 Å². The zero-order chi connectivity index (χ0) is 13.3. The molecule has 0 aromatic heterocycles. The van der Waals surface area contributed by atoms with Gasteiger partial charge in [0.1, 0.15) is 0 Å². The Hall–Kier alpha value is -1.49. The van der Waals surface area contributed by atoms with Gasteiger partial charge in [0.15, 0.2) is 0 Å². The maximum atomic E-state index is 11.8. The maximum absolute atomic E-state index is 11.8. The van der Waals surface area contributed by atoms with E-state index >= 15 is 0 Å². The van der Waals surface area contributed by atoms with Gasteiger partial charge in [0, 0.05) is 11.9 Å². The number of esters is 1. The SMILES string of the molecule is COC(=O)Cc1ccc2c(c1)SC(C)C(=O)N2C. The van der Waals surface area contributed by atoms with Crippen LogP contribution < -0.4 is 4.90 Å². The van der Waals surface area contributed by atoms with Gasteiger partial charge in [0.05, 0.1) is 24.5 Å². The normalized spacial score (nSPS) is 18.5. The van der Waals surface area contributed by atoms with Crippen molar-refractivity contribution in [3.63, 3.8) is 0 Å². The van der Waals surface area contributed by atoms with Crippen LogP contribution >= 0.6 is 11.8 Å². The minimum absolute atomic E-state index is 0.0872. The van der Waals surface area contributed by atoms with E-state index in [9.17, 15) is 9.59 Å². The highest BCUT2D eigenvalue weighted by atomic mass is 32.2. The van der Waals surface area contributed by atoms with Crippen LogP contribution in [-0.2, 0) is 20.7 Å². The van der Waals surface area contributed by atoms with E-state index < -0.39 is 0 Å². The number of rotatable bonds is 2. The zero-order valence-electron chi connectivity index (χ0n) is 10.6. The minimum atomic E-state index is -0.256. The number of hydrogen-bond donors (Lipinski definition) is 0. The van der Waals surface area contributed by atoms with E-state index in [2.05, 4.69) is 4.74 Å². The van der Waals surface area contributed by atoms with Crippen molar-refractivity contribution in [3.05, 3.63) is 23.8 Å². The fraction of sp³-hybridized carbons (Fsp3) is 0.385. The molecule has 1 atom stereocenters. The summed E-state index contributed by atoms with van der Waals surface area (Å²) in [4.78, 5) is 25.8. The Balaban J connectivity index is 2.30. The van der Waals surface area contributed by atoms with E-state index in [-0.39, 0.29) is 23.5 Å². The third-order valence-electron chi connectivity index (χ3n) is 2.94. The van der Waals surface area contributed by atoms with Crippen LogP contribution in [0, 0.1) is 0 Å². The Morgan fingerprint density at radius 2 is 2.22 bits per heavy atom.